The summed E-state index contributed by atoms with van der Waals surface area (Å²) < 4.78 is 5.74. The molecule has 0 spiro atoms. The molecule has 0 radical (unpaired) electrons. The van der Waals surface area contributed by atoms with Crippen molar-refractivity contribution >= 4 is 41.1 Å². The lowest BCUT2D eigenvalue weighted by Gasteiger charge is -2.17. The van der Waals surface area contributed by atoms with Gasteiger partial charge in [-0.2, -0.15) is 0 Å². The fourth-order valence-corrected chi connectivity index (χ4v) is 3.30. The van der Waals surface area contributed by atoms with Crippen molar-refractivity contribution in [2.45, 2.75) is 31.7 Å². The van der Waals surface area contributed by atoms with Crippen LogP contribution in [0, 0.1) is 5.41 Å². The molecule has 0 aliphatic carbocycles. The van der Waals surface area contributed by atoms with Crippen LogP contribution in [-0.4, -0.2) is 61.8 Å². The van der Waals surface area contributed by atoms with Crippen LogP contribution in [0.4, 0.5) is 5.69 Å². The monoisotopic (exact) mass is 524 g/mol. The standard InChI is InChI=1S/C24H24N6O8/c25-18-11-17(31)13(21(26)30-18)10-19(32)27-15-7-6-14(29-23(15)38-12-4-2-1-3-5-12)22(35)28-16(24(36)37)8-9-20(33)34/h1-7,16,31H,8-11H2,(H,27,32)(H,28,35)(H,33,34)(H,36,37)(H3,25,26,30)/t16-/m0/s1. The van der Waals surface area contributed by atoms with Crippen molar-refractivity contribution in [3.8, 4) is 11.6 Å². The van der Waals surface area contributed by atoms with Crippen LogP contribution in [0.2, 0.25) is 0 Å². The van der Waals surface area contributed by atoms with Crippen LogP contribution >= 0.6 is 0 Å². The lowest BCUT2D eigenvalue weighted by atomic mass is 10.0. The SMILES string of the molecule is N=C1N=C(N)CC(O)=C1CC(=O)Nc1ccc(C(=O)N[C@@H](CCC(=O)O)C(=O)O)nc1Oc1ccccc1. The summed E-state index contributed by atoms with van der Waals surface area (Å²) in [5.41, 5.74) is 5.32. The number of benzene rings is 1. The summed E-state index contributed by atoms with van der Waals surface area (Å²) in [6.45, 7) is 0. The van der Waals surface area contributed by atoms with E-state index in [0.717, 1.165) is 0 Å². The second-order valence-corrected chi connectivity index (χ2v) is 8.04. The highest BCUT2D eigenvalue weighted by Gasteiger charge is 2.25. The van der Waals surface area contributed by atoms with Gasteiger partial charge in [-0.25, -0.2) is 14.8 Å². The molecule has 2 amide bonds. The minimum absolute atomic E-state index is 0.00717. The number of carbonyl (C=O) groups is 4. The number of aliphatic hydroxyl groups excluding tert-OH is 1. The normalized spacial score (nSPS) is 13.8. The van der Waals surface area contributed by atoms with Crippen molar-refractivity contribution in [3.05, 3.63) is 59.5 Å². The number of anilines is 1. The van der Waals surface area contributed by atoms with Crippen molar-refractivity contribution in [1.29, 1.82) is 5.41 Å². The first-order valence-corrected chi connectivity index (χ1v) is 11.2. The Morgan fingerprint density at radius 1 is 1.11 bits per heavy atom. The van der Waals surface area contributed by atoms with Gasteiger partial charge in [-0.15, -0.1) is 0 Å². The molecule has 14 heteroatoms. The molecule has 1 aromatic heterocycles. The number of hydrogen-bond donors (Lipinski definition) is 7. The molecular weight excluding hydrogens is 500 g/mol. The molecule has 14 nitrogen and oxygen atoms in total. The number of amides is 2. The van der Waals surface area contributed by atoms with Crippen LogP contribution in [-0.2, 0) is 14.4 Å². The Bertz CT molecular complexity index is 1340. The highest BCUT2D eigenvalue weighted by atomic mass is 16.5. The van der Waals surface area contributed by atoms with E-state index in [1.807, 2.05) is 0 Å². The number of aromatic nitrogens is 1. The second kappa shape index (κ2) is 12.1. The van der Waals surface area contributed by atoms with Gasteiger partial charge < -0.3 is 36.4 Å². The van der Waals surface area contributed by atoms with E-state index in [-0.39, 0.29) is 53.1 Å². The number of dihydropyridines is 1. The number of hydrogen-bond acceptors (Lipinski definition) is 9. The first-order valence-electron chi connectivity index (χ1n) is 11.2. The number of nitrogens with two attached hydrogens (primary N) is 1. The van der Waals surface area contributed by atoms with Gasteiger partial charge in [-0.1, -0.05) is 18.2 Å². The topological polar surface area (TPSA) is 237 Å². The fourth-order valence-electron chi connectivity index (χ4n) is 3.30. The predicted molar refractivity (Wildman–Crippen MR) is 133 cm³/mol. The number of aliphatic carboxylic acids is 2. The van der Waals surface area contributed by atoms with Crippen molar-refractivity contribution in [3.63, 3.8) is 0 Å². The third kappa shape index (κ3) is 7.36. The average molecular weight is 524 g/mol. The second-order valence-electron chi connectivity index (χ2n) is 8.04. The summed E-state index contributed by atoms with van der Waals surface area (Å²) in [7, 11) is 0. The van der Waals surface area contributed by atoms with Gasteiger partial charge in [0.2, 0.25) is 11.8 Å². The van der Waals surface area contributed by atoms with Gasteiger partial charge >= 0.3 is 11.9 Å². The largest absolute Gasteiger partial charge is 0.511 e. The van der Waals surface area contributed by atoms with Gasteiger partial charge in [-0.3, -0.25) is 19.8 Å². The number of carboxylic acid groups (broad SMARTS) is 2. The summed E-state index contributed by atoms with van der Waals surface area (Å²) in [6.07, 6.45) is -1.31. The molecule has 1 aliphatic heterocycles. The number of aliphatic hydroxyl groups is 1. The van der Waals surface area contributed by atoms with Crippen LogP contribution in [0.15, 0.2) is 58.8 Å². The Morgan fingerprint density at radius 3 is 2.45 bits per heavy atom. The van der Waals surface area contributed by atoms with E-state index in [2.05, 4.69) is 20.6 Å². The Labute approximate surface area is 215 Å². The zero-order valence-electron chi connectivity index (χ0n) is 19.8. The number of carboxylic acids is 2. The molecule has 8 N–H and O–H groups in total. The van der Waals surface area contributed by atoms with E-state index in [0.29, 0.717) is 5.75 Å². The zero-order valence-corrected chi connectivity index (χ0v) is 19.8. The van der Waals surface area contributed by atoms with E-state index in [4.69, 9.17) is 21.0 Å². The number of para-hydroxylation sites is 1. The number of pyridine rings is 1. The van der Waals surface area contributed by atoms with Crippen LogP contribution < -0.4 is 21.1 Å². The summed E-state index contributed by atoms with van der Waals surface area (Å²) in [6, 6.07) is 9.35. The highest BCUT2D eigenvalue weighted by molar-refractivity contribution is 6.11. The number of amidine groups is 2. The molecule has 1 atom stereocenters. The molecule has 1 aromatic carbocycles. The predicted octanol–water partition coefficient (Wildman–Crippen LogP) is 1.80. The van der Waals surface area contributed by atoms with Gasteiger partial charge in [0, 0.05) is 12.0 Å². The number of rotatable bonds is 11. The summed E-state index contributed by atoms with van der Waals surface area (Å²) in [5.74, 6) is -4.62. The van der Waals surface area contributed by atoms with Crippen LogP contribution in [0.5, 0.6) is 11.6 Å². The fraction of sp³-hybridized carbons (Fsp3) is 0.208. The van der Waals surface area contributed by atoms with Crippen molar-refractivity contribution < 1.29 is 39.2 Å². The number of aliphatic imine (C=N–C) groups is 1. The minimum Gasteiger partial charge on any atom is -0.511 e. The van der Waals surface area contributed by atoms with E-state index in [9.17, 15) is 29.4 Å². The molecule has 3 rings (SSSR count). The third-order valence-electron chi connectivity index (χ3n) is 5.15. The van der Waals surface area contributed by atoms with E-state index in [1.54, 1.807) is 30.3 Å². The molecule has 2 heterocycles. The smallest absolute Gasteiger partial charge is 0.326 e. The number of carbonyl (C=O) groups excluding carboxylic acids is 2. The summed E-state index contributed by atoms with van der Waals surface area (Å²) in [4.78, 5) is 55.5. The molecule has 0 fully saturated rings. The molecule has 198 valence electrons. The van der Waals surface area contributed by atoms with Gasteiger partial charge in [0.15, 0.2) is 5.84 Å². The molecule has 0 unspecified atom stereocenters. The lowest BCUT2D eigenvalue weighted by Crippen LogP contribution is -2.41. The lowest BCUT2D eigenvalue weighted by molar-refractivity contribution is -0.140. The number of ether oxygens (including phenoxy) is 1. The van der Waals surface area contributed by atoms with E-state index >= 15 is 0 Å². The summed E-state index contributed by atoms with van der Waals surface area (Å²) in [5, 5.41) is 40.8. The molecule has 0 saturated carbocycles. The Kier molecular flexibility index (Phi) is 8.71. The molecule has 2 aromatic rings. The van der Waals surface area contributed by atoms with Gasteiger partial charge in [0.25, 0.3) is 5.91 Å². The summed E-state index contributed by atoms with van der Waals surface area (Å²) >= 11 is 0. The quantitative estimate of drug-likeness (QED) is 0.225. The van der Waals surface area contributed by atoms with Gasteiger partial charge in [-0.05, 0) is 30.7 Å². The molecular formula is C24H24N6O8. The van der Waals surface area contributed by atoms with Crippen molar-refractivity contribution in [2.75, 3.05) is 5.32 Å². The van der Waals surface area contributed by atoms with E-state index in [1.165, 1.54) is 12.1 Å². The minimum atomic E-state index is -1.47. The molecule has 1 aliphatic rings. The highest BCUT2D eigenvalue weighted by Crippen LogP contribution is 2.29. The Balaban J connectivity index is 1.83. The molecule has 0 saturated heterocycles. The van der Waals surface area contributed by atoms with Crippen molar-refractivity contribution in [2.24, 2.45) is 10.7 Å². The molecule has 38 heavy (non-hydrogen) atoms. The van der Waals surface area contributed by atoms with E-state index < -0.39 is 42.6 Å². The van der Waals surface area contributed by atoms with Gasteiger partial charge in [0.05, 0.1) is 12.8 Å². The maximum atomic E-state index is 12.7. The third-order valence-corrected chi connectivity index (χ3v) is 5.15. The van der Waals surface area contributed by atoms with Crippen molar-refractivity contribution in [1.82, 2.24) is 10.3 Å². The average Bonchev–Trinajstić information content (AvgIpc) is 2.85. The zero-order chi connectivity index (χ0) is 27.8. The maximum Gasteiger partial charge on any atom is 0.326 e. The number of nitrogens with zero attached hydrogens (tertiary/aromatic N) is 2. The Morgan fingerprint density at radius 2 is 1.82 bits per heavy atom. The van der Waals surface area contributed by atoms with Crippen LogP contribution in [0.1, 0.15) is 36.2 Å². The first-order chi connectivity index (χ1) is 18.0. The van der Waals surface area contributed by atoms with Crippen LogP contribution in [0.25, 0.3) is 0 Å². The molecule has 0 bridgehead atoms. The first kappa shape index (κ1) is 27.3. The van der Waals surface area contributed by atoms with Crippen LogP contribution in [0.3, 0.4) is 0 Å². The number of nitrogens with one attached hydrogen (secondary N) is 3. The maximum absolute atomic E-state index is 12.7. The Hall–Kier alpha value is -5.27. The van der Waals surface area contributed by atoms with Gasteiger partial charge in [0.1, 0.15) is 34.8 Å².